The summed E-state index contributed by atoms with van der Waals surface area (Å²) in [6, 6.07) is 4.25. The zero-order valence-corrected chi connectivity index (χ0v) is 9.71. The number of aryl methyl sites for hydroxylation is 1. The van der Waals surface area contributed by atoms with Gasteiger partial charge in [-0.2, -0.15) is 0 Å². The molecule has 0 spiro atoms. The van der Waals surface area contributed by atoms with Gasteiger partial charge in [0.05, 0.1) is 12.7 Å². The molecule has 0 radical (unpaired) electrons. The fourth-order valence-corrected chi connectivity index (χ4v) is 2.78. The zero-order valence-electron chi connectivity index (χ0n) is 8.89. The molecule has 1 aromatic rings. The Labute approximate surface area is 94.9 Å². The van der Waals surface area contributed by atoms with Gasteiger partial charge in [-0.1, -0.05) is 6.07 Å². The van der Waals surface area contributed by atoms with E-state index in [1.54, 1.807) is 11.3 Å². The van der Waals surface area contributed by atoms with Crippen molar-refractivity contribution in [1.29, 1.82) is 0 Å². The van der Waals surface area contributed by atoms with Crippen LogP contribution < -0.4 is 0 Å². The van der Waals surface area contributed by atoms with E-state index in [2.05, 4.69) is 17.5 Å². The van der Waals surface area contributed by atoms with E-state index in [9.17, 15) is 5.11 Å². The molecular weight excluding hydrogens is 208 g/mol. The molecule has 15 heavy (non-hydrogen) atoms. The maximum atomic E-state index is 9.90. The first kappa shape index (κ1) is 11.1. The summed E-state index contributed by atoms with van der Waals surface area (Å²) in [5.74, 6) is 0.383. The summed E-state index contributed by atoms with van der Waals surface area (Å²) in [4.78, 5) is 1.42. The molecule has 1 aliphatic heterocycles. The third-order valence-corrected chi connectivity index (χ3v) is 3.95. The number of rotatable bonds is 5. The molecule has 2 unspecified atom stereocenters. The van der Waals surface area contributed by atoms with E-state index < -0.39 is 0 Å². The molecule has 0 bridgehead atoms. The molecule has 84 valence electrons. The Balaban J connectivity index is 1.64. The van der Waals surface area contributed by atoms with Crippen LogP contribution in [-0.2, 0) is 11.2 Å². The van der Waals surface area contributed by atoms with Crippen molar-refractivity contribution < 1.29 is 9.84 Å². The van der Waals surface area contributed by atoms with Crippen molar-refractivity contribution in [2.75, 3.05) is 13.2 Å². The van der Waals surface area contributed by atoms with Gasteiger partial charge < -0.3 is 9.84 Å². The highest BCUT2D eigenvalue weighted by Gasteiger charge is 2.23. The summed E-state index contributed by atoms with van der Waals surface area (Å²) >= 11 is 1.80. The van der Waals surface area contributed by atoms with Gasteiger partial charge in [-0.05, 0) is 37.1 Å². The van der Waals surface area contributed by atoms with Gasteiger partial charge in [-0.15, -0.1) is 11.3 Å². The van der Waals surface area contributed by atoms with Crippen LogP contribution in [0.5, 0.6) is 0 Å². The second-order valence-corrected chi connectivity index (χ2v) is 5.19. The molecule has 2 heterocycles. The van der Waals surface area contributed by atoms with Gasteiger partial charge in [0.15, 0.2) is 0 Å². The largest absolute Gasteiger partial charge is 0.393 e. The summed E-state index contributed by atoms with van der Waals surface area (Å²) in [5, 5.41) is 12.0. The van der Waals surface area contributed by atoms with E-state index in [0.29, 0.717) is 5.92 Å². The van der Waals surface area contributed by atoms with Crippen LogP contribution in [-0.4, -0.2) is 24.4 Å². The van der Waals surface area contributed by atoms with Gasteiger partial charge in [0, 0.05) is 17.4 Å². The fourth-order valence-electron chi connectivity index (χ4n) is 2.03. The average Bonchev–Trinajstić information content (AvgIpc) is 2.90. The van der Waals surface area contributed by atoms with E-state index in [0.717, 1.165) is 38.9 Å². The van der Waals surface area contributed by atoms with E-state index in [1.807, 2.05) is 0 Å². The monoisotopic (exact) mass is 226 g/mol. The molecule has 1 saturated heterocycles. The summed E-state index contributed by atoms with van der Waals surface area (Å²) in [7, 11) is 0. The second kappa shape index (κ2) is 5.64. The van der Waals surface area contributed by atoms with E-state index in [1.165, 1.54) is 4.88 Å². The van der Waals surface area contributed by atoms with Crippen LogP contribution in [0.15, 0.2) is 17.5 Å². The fraction of sp³-hybridized carbons (Fsp3) is 0.667. The lowest BCUT2D eigenvalue weighted by Gasteiger charge is -2.15. The lowest BCUT2D eigenvalue weighted by Crippen LogP contribution is -2.20. The van der Waals surface area contributed by atoms with Gasteiger partial charge in [-0.25, -0.2) is 0 Å². The number of hydrogen-bond acceptors (Lipinski definition) is 3. The number of ether oxygens (including phenoxy) is 1. The minimum absolute atomic E-state index is 0.160. The van der Waals surface area contributed by atoms with Crippen molar-refractivity contribution in [3.05, 3.63) is 22.4 Å². The van der Waals surface area contributed by atoms with Crippen molar-refractivity contribution in [3.8, 4) is 0 Å². The van der Waals surface area contributed by atoms with Crippen LogP contribution >= 0.6 is 11.3 Å². The smallest absolute Gasteiger partial charge is 0.0591 e. The zero-order chi connectivity index (χ0) is 10.5. The normalized spacial score (nSPS) is 23.1. The maximum Gasteiger partial charge on any atom is 0.0591 e. The van der Waals surface area contributed by atoms with Crippen molar-refractivity contribution in [1.82, 2.24) is 0 Å². The average molecular weight is 226 g/mol. The minimum Gasteiger partial charge on any atom is -0.393 e. The van der Waals surface area contributed by atoms with Crippen molar-refractivity contribution >= 4 is 11.3 Å². The molecule has 3 heteroatoms. The standard InChI is InChI=1S/C12H18O2S/c13-12(10-6-7-14-9-10)5-1-3-11-4-2-8-15-11/h2,4,8,10,12-13H,1,3,5-7,9H2. The Bertz CT molecular complexity index is 265. The minimum atomic E-state index is -0.160. The Morgan fingerprint density at radius 2 is 2.53 bits per heavy atom. The molecule has 1 aliphatic rings. The second-order valence-electron chi connectivity index (χ2n) is 4.16. The van der Waals surface area contributed by atoms with Gasteiger partial charge >= 0.3 is 0 Å². The first-order valence-corrected chi connectivity index (χ1v) is 6.52. The topological polar surface area (TPSA) is 29.5 Å². The Hall–Kier alpha value is -0.380. The molecule has 1 N–H and O–H groups in total. The molecule has 1 aromatic heterocycles. The molecule has 0 aliphatic carbocycles. The molecule has 2 rings (SSSR count). The summed E-state index contributed by atoms with van der Waals surface area (Å²) in [5.41, 5.74) is 0. The van der Waals surface area contributed by atoms with Gasteiger partial charge in [0.2, 0.25) is 0 Å². The lowest BCUT2D eigenvalue weighted by molar-refractivity contribution is 0.0833. The van der Waals surface area contributed by atoms with Crippen LogP contribution in [0.3, 0.4) is 0 Å². The Morgan fingerprint density at radius 1 is 1.60 bits per heavy atom. The van der Waals surface area contributed by atoms with Gasteiger partial charge in [-0.3, -0.25) is 0 Å². The summed E-state index contributed by atoms with van der Waals surface area (Å²) < 4.78 is 5.27. The summed E-state index contributed by atoms with van der Waals surface area (Å²) in [6.45, 7) is 1.58. The Morgan fingerprint density at radius 3 is 3.20 bits per heavy atom. The van der Waals surface area contributed by atoms with Crippen molar-refractivity contribution in [2.45, 2.75) is 31.8 Å². The quantitative estimate of drug-likeness (QED) is 0.835. The molecule has 0 aromatic carbocycles. The highest BCUT2D eigenvalue weighted by Crippen LogP contribution is 2.21. The van der Waals surface area contributed by atoms with Gasteiger partial charge in [0.25, 0.3) is 0 Å². The first-order chi connectivity index (χ1) is 7.36. The Kier molecular flexibility index (Phi) is 4.18. The first-order valence-electron chi connectivity index (χ1n) is 5.64. The van der Waals surface area contributed by atoms with Crippen molar-refractivity contribution in [3.63, 3.8) is 0 Å². The predicted octanol–water partition coefficient (Wildman–Crippen LogP) is 2.47. The third kappa shape index (κ3) is 3.30. The van der Waals surface area contributed by atoms with Crippen LogP contribution in [0.2, 0.25) is 0 Å². The number of aliphatic hydroxyl groups excluding tert-OH is 1. The highest BCUT2D eigenvalue weighted by molar-refractivity contribution is 7.09. The molecule has 2 nitrogen and oxygen atoms in total. The number of aliphatic hydroxyl groups is 1. The van der Waals surface area contributed by atoms with Crippen LogP contribution in [0, 0.1) is 5.92 Å². The van der Waals surface area contributed by atoms with E-state index >= 15 is 0 Å². The lowest BCUT2D eigenvalue weighted by atomic mass is 9.97. The van der Waals surface area contributed by atoms with E-state index in [4.69, 9.17) is 4.74 Å². The predicted molar refractivity (Wildman–Crippen MR) is 62.2 cm³/mol. The molecule has 1 fully saturated rings. The SMILES string of the molecule is OC(CCCc1cccs1)C1CCOC1. The van der Waals surface area contributed by atoms with E-state index in [-0.39, 0.29) is 6.10 Å². The molecule has 0 saturated carbocycles. The summed E-state index contributed by atoms with van der Waals surface area (Å²) in [6.07, 6.45) is 3.96. The van der Waals surface area contributed by atoms with Crippen LogP contribution in [0.4, 0.5) is 0 Å². The maximum absolute atomic E-state index is 9.90. The molecule has 2 atom stereocenters. The number of thiophene rings is 1. The number of hydrogen-bond donors (Lipinski definition) is 1. The molecular formula is C12H18O2S. The highest BCUT2D eigenvalue weighted by atomic mass is 32.1. The van der Waals surface area contributed by atoms with Crippen LogP contribution in [0.1, 0.15) is 24.1 Å². The van der Waals surface area contributed by atoms with Crippen LogP contribution in [0.25, 0.3) is 0 Å². The van der Waals surface area contributed by atoms with Crippen molar-refractivity contribution in [2.24, 2.45) is 5.92 Å². The van der Waals surface area contributed by atoms with Gasteiger partial charge in [0.1, 0.15) is 0 Å². The third-order valence-electron chi connectivity index (χ3n) is 3.01. The molecule has 0 amide bonds.